The van der Waals surface area contributed by atoms with Crippen LogP contribution >= 0.6 is 12.4 Å². The van der Waals surface area contributed by atoms with E-state index in [4.69, 9.17) is 0 Å². The summed E-state index contributed by atoms with van der Waals surface area (Å²) in [5.74, 6) is 0.828. The van der Waals surface area contributed by atoms with Crippen molar-refractivity contribution in [3.05, 3.63) is 0 Å². The molecule has 0 radical (unpaired) electrons. The first-order chi connectivity index (χ1) is 8.24. The summed E-state index contributed by atoms with van der Waals surface area (Å²) < 4.78 is 0. The molecular weight excluding hydrogens is 248 g/mol. The van der Waals surface area contributed by atoms with Crippen molar-refractivity contribution < 1.29 is 4.79 Å². The smallest absolute Gasteiger partial charge is 0.220 e. The predicted octanol–water partition coefficient (Wildman–Crippen LogP) is 2.49. The molecule has 0 aromatic carbocycles. The third-order valence-electron chi connectivity index (χ3n) is 4.71. The van der Waals surface area contributed by atoms with Gasteiger partial charge in [-0.25, -0.2) is 0 Å². The maximum absolute atomic E-state index is 11.9. The number of halogens is 1. The van der Waals surface area contributed by atoms with Gasteiger partial charge in [0.05, 0.1) is 0 Å². The maximum Gasteiger partial charge on any atom is 0.220 e. The van der Waals surface area contributed by atoms with Crippen molar-refractivity contribution >= 4 is 18.3 Å². The van der Waals surface area contributed by atoms with Crippen molar-refractivity contribution in [2.24, 2.45) is 11.3 Å². The molecule has 0 spiro atoms. The van der Waals surface area contributed by atoms with Crippen molar-refractivity contribution in [1.82, 2.24) is 10.6 Å². The van der Waals surface area contributed by atoms with Crippen LogP contribution in [0.2, 0.25) is 0 Å². The molecule has 1 amide bonds. The minimum Gasteiger partial charge on any atom is -0.356 e. The SMILES string of the molecule is CCC1(CNC(=O)CC2CCNC2)CCCC1.Cl. The molecule has 1 aliphatic carbocycles. The highest BCUT2D eigenvalue weighted by molar-refractivity contribution is 5.85. The molecule has 18 heavy (non-hydrogen) atoms. The Morgan fingerprint density at radius 1 is 1.39 bits per heavy atom. The second-order valence-corrected chi connectivity index (χ2v) is 5.90. The lowest BCUT2D eigenvalue weighted by Gasteiger charge is -2.27. The van der Waals surface area contributed by atoms with Crippen LogP contribution in [0.3, 0.4) is 0 Å². The quantitative estimate of drug-likeness (QED) is 0.809. The fraction of sp³-hybridized carbons (Fsp3) is 0.929. The van der Waals surface area contributed by atoms with E-state index in [1.54, 1.807) is 0 Å². The molecule has 1 saturated heterocycles. The van der Waals surface area contributed by atoms with E-state index in [9.17, 15) is 4.79 Å². The summed E-state index contributed by atoms with van der Waals surface area (Å²) in [5, 5.41) is 6.49. The first-order valence-corrected chi connectivity index (χ1v) is 7.21. The molecule has 106 valence electrons. The van der Waals surface area contributed by atoms with Crippen LogP contribution in [-0.2, 0) is 4.79 Å². The van der Waals surface area contributed by atoms with Crippen molar-refractivity contribution in [2.45, 2.75) is 51.9 Å². The first-order valence-electron chi connectivity index (χ1n) is 7.21. The standard InChI is InChI=1S/C14H26N2O.ClH/c1-2-14(6-3-4-7-14)11-16-13(17)9-12-5-8-15-10-12;/h12,15H,2-11H2,1H3,(H,16,17);1H. The van der Waals surface area contributed by atoms with Crippen LogP contribution in [0.25, 0.3) is 0 Å². The summed E-state index contributed by atoms with van der Waals surface area (Å²) in [5.41, 5.74) is 0.420. The highest BCUT2D eigenvalue weighted by Crippen LogP contribution is 2.40. The van der Waals surface area contributed by atoms with Crippen molar-refractivity contribution in [2.75, 3.05) is 19.6 Å². The molecule has 2 rings (SSSR count). The van der Waals surface area contributed by atoms with Crippen molar-refractivity contribution in [3.8, 4) is 0 Å². The summed E-state index contributed by atoms with van der Waals surface area (Å²) >= 11 is 0. The average Bonchev–Trinajstić information content (AvgIpc) is 2.98. The van der Waals surface area contributed by atoms with Crippen LogP contribution in [0.5, 0.6) is 0 Å². The van der Waals surface area contributed by atoms with E-state index in [0.29, 0.717) is 17.8 Å². The van der Waals surface area contributed by atoms with E-state index < -0.39 is 0 Å². The highest BCUT2D eigenvalue weighted by atomic mass is 35.5. The molecule has 0 aromatic heterocycles. The Balaban J connectivity index is 0.00000162. The van der Waals surface area contributed by atoms with Gasteiger partial charge < -0.3 is 10.6 Å². The van der Waals surface area contributed by atoms with Crippen molar-refractivity contribution in [3.63, 3.8) is 0 Å². The minimum atomic E-state index is 0. The van der Waals surface area contributed by atoms with Crippen LogP contribution in [-0.4, -0.2) is 25.5 Å². The van der Waals surface area contributed by atoms with E-state index in [-0.39, 0.29) is 18.3 Å². The fourth-order valence-corrected chi connectivity index (χ4v) is 3.29. The van der Waals surface area contributed by atoms with Gasteiger partial charge in [-0.2, -0.15) is 0 Å². The van der Waals surface area contributed by atoms with Gasteiger partial charge in [0.25, 0.3) is 0 Å². The van der Waals surface area contributed by atoms with Crippen LogP contribution in [0.1, 0.15) is 51.9 Å². The molecule has 2 fully saturated rings. The number of hydrogen-bond donors (Lipinski definition) is 2. The van der Waals surface area contributed by atoms with E-state index in [0.717, 1.165) is 26.1 Å². The molecule has 4 heteroatoms. The monoisotopic (exact) mass is 274 g/mol. The second-order valence-electron chi connectivity index (χ2n) is 5.90. The van der Waals surface area contributed by atoms with Gasteiger partial charge in [0.15, 0.2) is 0 Å². The molecular formula is C14H27ClN2O. The maximum atomic E-state index is 11.9. The summed E-state index contributed by atoms with van der Waals surface area (Å²) in [6.07, 6.45) is 8.37. The summed E-state index contributed by atoms with van der Waals surface area (Å²) in [4.78, 5) is 11.9. The summed E-state index contributed by atoms with van der Waals surface area (Å²) in [7, 11) is 0. The molecule has 1 saturated carbocycles. The number of nitrogens with one attached hydrogen (secondary N) is 2. The van der Waals surface area contributed by atoms with Gasteiger partial charge in [0, 0.05) is 13.0 Å². The van der Waals surface area contributed by atoms with Gasteiger partial charge in [0.2, 0.25) is 5.91 Å². The second kappa shape index (κ2) is 7.34. The Morgan fingerprint density at radius 3 is 2.67 bits per heavy atom. The van der Waals surface area contributed by atoms with E-state index >= 15 is 0 Å². The molecule has 2 N–H and O–H groups in total. The molecule has 0 bridgehead atoms. The van der Waals surface area contributed by atoms with Gasteiger partial charge in [-0.1, -0.05) is 19.8 Å². The van der Waals surface area contributed by atoms with Gasteiger partial charge in [-0.05, 0) is 50.1 Å². The zero-order valence-corrected chi connectivity index (χ0v) is 12.3. The van der Waals surface area contributed by atoms with E-state index in [1.807, 2.05) is 0 Å². The van der Waals surface area contributed by atoms with Crippen LogP contribution in [0.4, 0.5) is 0 Å². The van der Waals surface area contributed by atoms with Crippen LogP contribution < -0.4 is 10.6 Å². The number of carbonyl (C=O) groups is 1. The lowest BCUT2D eigenvalue weighted by atomic mass is 9.83. The highest BCUT2D eigenvalue weighted by Gasteiger charge is 2.32. The number of carbonyl (C=O) groups excluding carboxylic acids is 1. The summed E-state index contributed by atoms with van der Waals surface area (Å²) in [6, 6.07) is 0. The molecule has 1 unspecified atom stereocenters. The zero-order chi connectivity index (χ0) is 12.1. The largest absolute Gasteiger partial charge is 0.356 e. The van der Waals surface area contributed by atoms with Crippen molar-refractivity contribution in [1.29, 1.82) is 0 Å². The Hall–Kier alpha value is -0.280. The van der Waals surface area contributed by atoms with Gasteiger partial charge >= 0.3 is 0 Å². The third-order valence-corrected chi connectivity index (χ3v) is 4.71. The Labute approximate surface area is 117 Å². The van der Waals surface area contributed by atoms with Crippen LogP contribution in [0.15, 0.2) is 0 Å². The normalized spacial score (nSPS) is 25.7. The molecule has 3 nitrogen and oxygen atoms in total. The van der Waals surface area contributed by atoms with Gasteiger partial charge in [-0.15, -0.1) is 12.4 Å². The lowest BCUT2D eigenvalue weighted by molar-refractivity contribution is -0.122. The predicted molar refractivity (Wildman–Crippen MR) is 77.0 cm³/mol. The van der Waals surface area contributed by atoms with Crippen LogP contribution in [0, 0.1) is 11.3 Å². The Kier molecular flexibility index (Phi) is 6.44. The average molecular weight is 275 g/mol. The molecule has 1 heterocycles. The Bertz CT molecular complexity index is 259. The Morgan fingerprint density at radius 2 is 2.11 bits per heavy atom. The lowest BCUT2D eigenvalue weighted by Crippen LogP contribution is -2.36. The fourth-order valence-electron chi connectivity index (χ4n) is 3.29. The van der Waals surface area contributed by atoms with Gasteiger partial charge in [-0.3, -0.25) is 4.79 Å². The minimum absolute atomic E-state index is 0. The first kappa shape index (κ1) is 15.8. The molecule has 1 aliphatic heterocycles. The number of hydrogen-bond acceptors (Lipinski definition) is 2. The van der Waals surface area contributed by atoms with E-state index in [2.05, 4.69) is 17.6 Å². The number of rotatable bonds is 5. The zero-order valence-electron chi connectivity index (χ0n) is 11.5. The summed E-state index contributed by atoms with van der Waals surface area (Å²) in [6.45, 7) is 5.27. The molecule has 2 aliphatic rings. The molecule has 1 atom stereocenters. The third kappa shape index (κ3) is 4.13. The topological polar surface area (TPSA) is 41.1 Å². The van der Waals surface area contributed by atoms with Gasteiger partial charge in [0.1, 0.15) is 0 Å². The molecule has 0 aromatic rings. The van der Waals surface area contributed by atoms with E-state index in [1.165, 1.54) is 32.1 Å². The number of amides is 1.